The third-order valence-corrected chi connectivity index (χ3v) is 5.86. The number of furan rings is 1. The standard InChI is InChI=1S/C21H20ClN5O3S/c1-3-27-19-18(13(2)25-27)24-21(26(20(19)29)11-16-5-4-10-30-16)31-12-17(28)23-15-8-6-14(22)7-9-15/h4-10H,3,11-12H2,1-2H3,(H,23,28). The monoisotopic (exact) mass is 457 g/mol. The van der Waals surface area contributed by atoms with Crippen LogP contribution < -0.4 is 10.9 Å². The molecule has 1 aromatic carbocycles. The highest BCUT2D eigenvalue weighted by atomic mass is 35.5. The molecule has 0 fully saturated rings. The number of nitrogens with one attached hydrogen (secondary N) is 1. The van der Waals surface area contributed by atoms with Gasteiger partial charge in [0.25, 0.3) is 5.56 Å². The van der Waals surface area contributed by atoms with Gasteiger partial charge in [-0.2, -0.15) is 5.10 Å². The number of rotatable bonds is 7. The lowest BCUT2D eigenvalue weighted by molar-refractivity contribution is -0.113. The highest BCUT2D eigenvalue weighted by Gasteiger charge is 2.19. The Bertz CT molecular complexity index is 1280. The fourth-order valence-electron chi connectivity index (χ4n) is 3.19. The number of carbonyl (C=O) groups is 1. The van der Waals surface area contributed by atoms with Crippen molar-refractivity contribution in [1.82, 2.24) is 19.3 Å². The van der Waals surface area contributed by atoms with E-state index in [2.05, 4.69) is 15.4 Å². The molecule has 0 saturated carbocycles. The molecule has 0 aliphatic rings. The van der Waals surface area contributed by atoms with Crippen LogP contribution in [0.1, 0.15) is 18.4 Å². The minimum absolute atomic E-state index is 0.0830. The van der Waals surface area contributed by atoms with Gasteiger partial charge in [-0.1, -0.05) is 23.4 Å². The summed E-state index contributed by atoms with van der Waals surface area (Å²) in [6.45, 7) is 4.51. The van der Waals surface area contributed by atoms with Crippen molar-refractivity contribution in [3.63, 3.8) is 0 Å². The summed E-state index contributed by atoms with van der Waals surface area (Å²) in [5, 5.41) is 8.26. The summed E-state index contributed by atoms with van der Waals surface area (Å²) < 4.78 is 8.60. The molecule has 1 amide bonds. The number of carbonyl (C=O) groups excluding carboxylic acids is 1. The van der Waals surface area contributed by atoms with E-state index in [1.165, 1.54) is 16.3 Å². The van der Waals surface area contributed by atoms with E-state index in [1.807, 2.05) is 13.8 Å². The third-order valence-electron chi connectivity index (χ3n) is 4.64. The molecule has 0 spiro atoms. The molecule has 4 rings (SSSR count). The molecule has 0 atom stereocenters. The lowest BCUT2D eigenvalue weighted by atomic mass is 10.3. The van der Waals surface area contributed by atoms with Gasteiger partial charge in [0.1, 0.15) is 11.3 Å². The van der Waals surface area contributed by atoms with Crippen LogP contribution in [0.4, 0.5) is 5.69 Å². The van der Waals surface area contributed by atoms with E-state index in [0.717, 1.165) is 0 Å². The van der Waals surface area contributed by atoms with Crippen LogP contribution in [0, 0.1) is 6.92 Å². The molecule has 0 aliphatic heterocycles. The average molecular weight is 458 g/mol. The maximum absolute atomic E-state index is 13.3. The molecule has 0 radical (unpaired) electrons. The third kappa shape index (κ3) is 4.52. The van der Waals surface area contributed by atoms with Crippen LogP contribution in [0.25, 0.3) is 11.0 Å². The second-order valence-electron chi connectivity index (χ2n) is 6.81. The number of thioether (sulfide) groups is 1. The summed E-state index contributed by atoms with van der Waals surface area (Å²) in [6.07, 6.45) is 1.55. The molecule has 3 aromatic heterocycles. The van der Waals surface area contributed by atoms with E-state index >= 15 is 0 Å². The number of halogens is 1. The first kappa shape index (κ1) is 21.2. The van der Waals surface area contributed by atoms with Gasteiger partial charge in [-0.05, 0) is 50.2 Å². The van der Waals surface area contributed by atoms with Crippen LogP contribution in [0.15, 0.2) is 57.0 Å². The smallest absolute Gasteiger partial charge is 0.280 e. The lowest BCUT2D eigenvalue weighted by Gasteiger charge is -2.12. The summed E-state index contributed by atoms with van der Waals surface area (Å²) in [6, 6.07) is 10.4. The number of fused-ring (bicyclic) bond motifs is 1. The van der Waals surface area contributed by atoms with Gasteiger partial charge in [0.2, 0.25) is 5.91 Å². The van der Waals surface area contributed by atoms with Crippen LogP contribution in [0.2, 0.25) is 5.02 Å². The first-order valence-electron chi connectivity index (χ1n) is 9.64. The number of aromatic nitrogens is 4. The Morgan fingerprint density at radius 1 is 1.26 bits per heavy atom. The maximum atomic E-state index is 13.3. The first-order valence-corrected chi connectivity index (χ1v) is 11.0. The lowest BCUT2D eigenvalue weighted by Crippen LogP contribution is -2.26. The maximum Gasteiger partial charge on any atom is 0.280 e. The highest BCUT2D eigenvalue weighted by molar-refractivity contribution is 7.99. The molecule has 0 aliphatic carbocycles. The molecule has 31 heavy (non-hydrogen) atoms. The van der Waals surface area contributed by atoms with Crippen molar-refractivity contribution in [1.29, 1.82) is 0 Å². The number of hydrogen-bond acceptors (Lipinski definition) is 6. The van der Waals surface area contributed by atoms with E-state index in [0.29, 0.717) is 44.9 Å². The molecule has 1 N–H and O–H groups in total. The van der Waals surface area contributed by atoms with E-state index in [4.69, 9.17) is 16.0 Å². The molecule has 0 unspecified atom stereocenters. The molecule has 0 bridgehead atoms. The van der Waals surface area contributed by atoms with Crippen molar-refractivity contribution in [2.24, 2.45) is 0 Å². The average Bonchev–Trinajstić information content (AvgIpc) is 3.38. The van der Waals surface area contributed by atoms with Crippen LogP contribution in [-0.4, -0.2) is 31.0 Å². The Kier molecular flexibility index (Phi) is 6.15. The Labute approximate surface area is 187 Å². The van der Waals surface area contributed by atoms with Crippen LogP contribution >= 0.6 is 23.4 Å². The minimum Gasteiger partial charge on any atom is -0.467 e. The largest absolute Gasteiger partial charge is 0.467 e. The number of nitrogens with zero attached hydrogens (tertiary/aromatic N) is 4. The van der Waals surface area contributed by atoms with Gasteiger partial charge < -0.3 is 9.73 Å². The molecular weight excluding hydrogens is 438 g/mol. The SMILES string of the molecule is CCn1nc(C)c2nc(SCC(=O)Nc3ccc(Cl)cc3)n(Cc3ccco3)c(=O)c21. The van der Waals surface area contributed by atoms with Gasteiger partial charge in [0.05, 0.1) is 24.3 Å². The molecule has 160 valence electrons. The zero-order valence-corrected chi connectivity index (χ0v) is 18.5. The Morgan fingerprint density at radius 3 is 2.71 bits per heavy atom. The Morgan fingerprint density at radius 2 is 2.03 bits per heavy atom. The van der Waals surface area contributed by atoms with Crippen molar-refractivity contribution >= 4 is 46.0 Å². The van der Waals surface area contributed by atoms with Crippen molar-refractivity contribution in [3.8, 4) is 0 Å². The molecule has 3 heterocycles. The fourth-order valence-corrected chi connectivity index (χ4v) is 4.10. The van der Waals surface area contributed by atoms with E-state index in [-0.39, 0.29) is 23.8 Å². The van der Waals surface area contributed by atoms with Crippen molar-refractivity contribution in [2.45, 2.75) is 32.1 Å². The zero-order valence-electron chi connectivity index (χ0n) is 17.0. The summed E-state index contributed by atoms with van der Waals surface area (Å²) in [4.78, 5) is 30.5. The van der Waals surface area contributed by atoms with Crippen LogP contribution in [0.5, 0.6) is 0 Å². The first-order chi connectivity index (χ1) is 15.0. The quantitative estimate of drug-likeness (QED) is 0.333. The molecular formula is C21H20ClN5O3S. The number of amides is 1. The minimum atomic E-state index is -0.218. The van der Waals surface area contributed by atoms with Crippen molar-refractivity contribution in [3.05, 3.63) is 69.5 Å². The molecule has 0 saturated heterocycles. The number of aryl methyl sites for hydroxylation is 2. The summed E-state index contributed by atoms with van der Waals surface area (Å²) in [5.41, 5.74) is 2.09. The van der Waals surface area contributed by atoms with E-state index in [9.17, 15) is 9.59 Å². The normalized spacial score (nSPS) is 11.2. The molecule has 8 nitrogen and oxygen atoms in total. The summed E-state index contributed by atoms with van der Waals surface area (Å²) in [7, 11) is 0. The number of benzene rings is 1. The predicted molar refractivity (Wildman–Crippen MR) is 121 cm³/mol. The Balaban J connectivity index is 1.65. The second kappa shape index (κ2) is 8.99. The van der Waals surface area contributed by atoms with Crippen LogP contribution in [-0.2, 0) is 17.9 Å². The van der Waals surface area contributed by atoms with Gasteiger partial charge in [-0.25, -0.2) is 4.98 Å². The highest BCUT2D eigenvalue weighted by Crippen LogP contribution is 2.22. The second-order valence-corrected chi connectivity index (χ2v) is 8.19. The van der Waals surface area contributed by atoms with Gasteiger partial charge in [-0.15, -0.1) is 0 Å². The van der Waals surface area contributed by atoms with Gasteiger partial charge in [0, 0.05) is 17.3 Å². The van der Waals surface area contributed by atoms with Gasteiger partial charge in [0.15, 0.2) is 10.7 Å². The van der Waals surface area contributed by atoms with Gasteiger partial charge >= 0.3 is 0 Å². The zero-order chi connectivity index (χ0) is 22.0. The fraction of sp³-hybridized carbons (Fsp3) is 0.238. The number of hydrogen-bond donors (Lipinski definition) is 1. The van der Waals surface area contributed by atoms with E-state index in [1.54, 1.807) is 47.3 Å². The molecule has 10 heteroatoms. The summed E-state index contributed by atoms with van der Waals surface area (Å²) >= 11 is 7.07. The van der Waals surface area contributed by atoms with Crippen molar-refractivity contribution in [2.75, 3.05) is 11.1 Å². The van der Waals surface area contributed by atoms with Crippen LogP contribution in [0.3, 0.4) is 0 Å². The number of anilines is 1. The van der Waals surface area contributed by atoms with Gasteiger partial charge in [-0.3, -0.25) is 18.8 Å². The van der Waals surface area contributed by atoms with E-state index < -0.39 is 0 Å². The summed E-state index contributed by atoms with van der Waals surface area (Å²) in [5.74, 6) is 0.488. The predicted octanol–water partition coefficient (Wildman–Crippen LogP) is 3.95. The van der Waals surface area contributed by atoms with Crippen molar-refractivity contribution < 1.29 is 9.21 Å². The topological polar surface area (TPSA) is 95.0 Å². The molecule has 4 aromatic rings. The Hall–Kier alpha value is -3.04.